The zero-order valence-electron chi connectivity index (χ0n) is 20.6. The molecule has 3 heterocycles. The second-order valence-corrected chi connectivity index (χ2v) is 12.2. The maximum Gasteiger partial charge on any atom is 0.135 e. The number of fused-ring (bicyclic) bond motifs is 1. The first-order chi connectivity index (χ1) is 16.2. The standard InChI is InChI=1S/C26H33N3O3S2/c1-17-14-29(15-18(2)32-17)24-23-16-31-26(3,4)12-21(23)22(13-27)25(28-24)33-10-9-19-7-6-8-20(11-19)34(5)30/h6-8,11,17-18H,9-10,12,14-16H2,1-5H3. The minimum atomic E-state index is -0.997. The Morgan fingerprint density at radius 2 is 2.00 bits per heavy atom. The summed E-state index contributed by atoms with van der Waals surface area (Å²) < 4.78 is 23.9. The highest BCUT2D eigenvalue weighted by Crippen LogP contribution is 2.39. The summed E-state index contributed by atoms with van der Waals surface area (Å²) in [6, 6.07) is 10.4. The Morgan fingerprint density at radius 3 is 2.68 bits per heavy atom. The van der Waals surface area contributed by atoms with E-state index in [9.17, 15) is 9.47 Å². The van der Waals surface area contributed by atoms with Crippen molar-refractivity contribution in [3.8, 4) is 6.07 Å². The number of nitriles is 1. The Bertz CT molecular complexity index is 1120. The third kappa shape index (κ3) is 5.65. The Hall–Kier alpha value is -1.92. The largest absolute Gasteiger partial charge is 0.372 e. The first-order valence-corrected chi connectivity index (χ1v) is 14.3. The molecule has 182 valence electrons. The summed E-state index contributed by atoms with van der Waals surface area (Å²) in [6.45, 7) is 10.3. The fraction of sp³-hybridized carbons (Fsp3) is 0.538. The van der Waals surface area contributed by atoms with Crippen LogP contribution in [-0.2, 0) is 39.7 Å². The summed E-state index contributed by atoms with van der Waals surface area (Å²) in [6.07, 6.45) is 3.43. The van der Waals surface area contributed by atoms with Crippen LogP contribution in [0.4, 0.5) is 5.82 Å². The average molecular weight is 500 g/mol. The van der Waals surface area contributed by atoms with Crippen molar-refractivity contribution < 1.29 is 13.7 Å². The lowest BCUT2D eigenvalue weighted by molar-refractivity contribution is -0.0407. The number of ether oxygens (including phenoxy) is 2. The number of anilines is 1. The molecule has 0 amide bonds. The summed E-state index contributed by atoms with van der Waals surface area (Å²) in [5.41, 5.74) is 3.61. The zero-order chi connectivity index (χ0) is 24.5. The van der Waals surface area contributed by atoms with Crippen LogP contribution >= 0.6 is 11.8 Å². The third-order valence-corrected chi connectivity index (χ3v) is 8.15. The van der Waals surface area contributed by atoms with Gasteiger partial charge in [0, 0.05) is 52.8 Å². The molecule has 0 aliphatic carbocycles. The molecule has 2 aliphatic rings. The van der Waals surface area contributed by atoms with E-state index in [4.69, 9.17) is 14.5 Å². The predicted octanol–water partition coefficient (Wildman–Crippen LogP) is 4.49. The van der Waals surface area contributed by atoms with E-state index >= 15 is 0 Å². The van der Waals surface area contributed by atoms with Gasteiger partial charge in [-0.3, -0.25) is 4.21 Å². The number of benzene rings is 1. The lowest BCUT2D eigenvalue weighted by atomic mass is 9.89. The summed E-state index contributed by atoms with van der Waals surface area (Å²) in [5.74, 6) is 1.72. The zero-order valence-corrected chi connectivity index (χ0v) is 22.2. The summed E-state index contributed by atoms with van der Waals surface area (Å²) in [5, 5.41) is 10.9. The summed E-state index contributed by atoms with van der Waals surface area (Å²) >= 11 is 1.63. The number of pyridine rings is 1. The monoisotopic (exact) mass is 499 g/mol. The van der Waals surface area contributed by atoms with Gasteiger partial charge in [-0.25, -0.2) is 4.98 Å². The highest BCUT2D eigenvalue weighted by atomic mass is 32.2. The Morgan fingerprint density at radius 1 is 1.26 bits per heavy atom. The molecule has 3 atom stereocenters. The molecule has 0 N–H and O–H groups in total. The highest BCUT2D eigenvalue weighted by molar-refractivity contribution is 7.99. The van der Waals surface area contributed by atoms with E-state index in [-0.39, 0.29) is 17.8 Å². The van der Waals surface area contributed by atoms with Gasteiger partial charge in [0.05, 0.1) is 30.0 Å². The molecule has 6 nitrogen and oxygen atoms in total. The van der Waals surface area contributed by atoms with E-state index in [1.807, 2.05) is 18.2 Å². The number of thioether (sulfide) groups is 1. The molecule has 0 radical (unpaired) electrons. The van der Waals surface area contributed by atoms with Crippen molar-refractivity contribution in [1.82, 2.24) is 4.98 Å². The molecule has 0 bridgehead atoms. The number of hydrogen-bond acceptors (Lipinski definition) is 7. The fourth-order valence-corrected chi connectivity index (χ4v) is 6.29. The molecular formula is C26H33N3O3S2. The second-order valence-electron chi connectivity index (χ2n) is 9.77. The normalized spacial score (nSPS) is 22.6. The van der Waals surface area contributed by atoms with Crippen molar-refractivity contribution in [1.29, 1.82) is 5.26 Å². The first kappa shape index (κ1) is 25.2. The predicted molar refractivity (Wildman–Crippen MR) is 137 cm³/mol. The van der Waals surface area contributed by atoms with E-state index in [0.717, 1.165) is 57.7 Å². The number of rotatable bonds is 6. The van der Waals surface area contributed by atoms with Gasteiger partial charge in [-0.15, -0.1) is 11.8 Å². The molecule has 0 spiro atoms. The van der Waals surface area contributed by atoms with Crippen LogP contribution in [0, 0.1) is 11.3 Å². The Balaban J connectivity index is 1.65. The maximum atomic E-state index is 11.8. The van der Waals surface area contributed by atoms with Crippen molar-refractivity contribution in [2.24, 2.45) is 0 Å². The van der Waals surface area contributed by atoms with E-state index in [0.29, 0.717) is 18.6 Å². The second kappa shape index (κ2) is 10.4. The molecule has 2 aliphatic heterocycles. The van der Waals surface area contributed by atoms with Crippen molar-refractivity contribution >= 4 is 28.4 Å². The number of aromatic nitrogens is 1. The van der Waals surface area contributed by atoms with Gasteiger partial charge >= 0.3 is 0 Å². The van der Waals surface area contributed by atoms with E-state index in [2.05, 4.69) is 44.7 Å². The molecule has 8 heteroatoms. The van der Waals surface area contributed by atoms with Gasteiger partial charge in [0.15, 0.2) is 0 Å². The fourth-order valence-electron chi connectivity index (χ4n) is 4.70. The molecule has 0 saturated carbocycles. The van der Waals surface area contributed by atoms with Crippen molar-refractivity contribution in [2.75, 3.05) is 30.0 Å². The van der Waals surface area contributed by atoms with E-state index in [1.54, 1.807) is 18.0 Å². The molecule has 1 fully saturated rings. The lowest BCUT2D eigenvalue weighted by Gasteiger charge is -2.40. The van der Waals surface area contributed by atoms with Crippen LogP contribution in [0.5, 0.6) is 0 Å². The lowest BCUT2D eigenvalue weighted by Crippen LogP contribution is -2.47. The van der Waals surface area contributed by atoms with Gasteiger partial charge in [0.1, 0.15) is 16.9 Å². The molecule has 1 aromatic carbocycles. The molecule has 4 rings (SSSR count). The summed E-state index contributed by atoms with van der Waals surface area (Å²) in [7, 11) is -0.997. The highest BCUT2D eigenvalue weighted by Gasteiger charge is 2.34. The van der Waals surface area contributed by atoms with Crippen LogP contribution in [-0.4, -0.2) is 52.1 Å². The van der Waals surface area contributed by atoms with Gasteiger partial charge in [-0.05, 0) is 57.4 Å². The molecule has 1 saturated heterocycles. The van der Waals surface area contributed by atoms with Crippen LogP contribution in [0.2, 0.25) is 0 Å². The quantitative estimate of drug-likeness (QED) is 0.542. The van der Waals surface area contributed by atoms with Gasteiger partial charge in [-0.1, -0.05) is 12.1 Å². The van der Waals surface area contributed by atoms with Crippen LogP contribution < -0.4 is 4.90 Å². The van der Waals surface area contributed by atoms with Gasteiger partial charge in [0.25, 0.3) is 0 Å². The molecular weight excluding hydrogens is 466 g/mol. The van der Waals surface area contributed by atoms with Gasteiger partial charge in [-0.2, -0.15) is 5.26 Å². The van der Waals surface area contributed by atoms with Crippen molar-refractivity contribution in [3.63, 3.8) is 0 Å². The van der Waals surface area contributed by atoms with Gasteiger partial charge in [0.2, 0.25) is 0 Å². The number of hydrogen-bond donors (Lipinski definition) is 0. The summed E-state index contributed by atoms with van der Waals surface area (Å²) in [4.78, 5) is 8.19. The number of nitrogens with zero attached hydrogens (tertiary/aromatic N) is 3. The third-order valence-electron chi connectivity index (χ3n) is 6.26. The molecule has 3 unspecified atom stereocenters. The van der Waals surface area contributed by atoms with Crippen LogP contribution in [0.25, 0.3) is 0 Å². The minimum Gasteiger partial charge on any atom is -0.372 e. The van der Waals surface area contributed by atoms with Gasteiger partial charge < -0.3 is 14.4 Å². The topological polar surface area (TPSA) is 75.5 Å². The minimum absolute atomic E-state index is 0.116. The Labute approximate surface area is 209 Å². The number of aryl methyl sites for hydroxylation is 1. The van der Waals surface area contributed by atoms with E-state index in [1.165, 1.54) is 0 Å². The van der Waals surface area contributed by atoms with Crippen LogP contribution in [0.15, 0.2) is 34.2 Å². The average Bonchev–Trinajstić information content (AvgIpc) is 2.77. The first-order valence-electron chi connectivity index (χ1n) is 11.7. The molecule has 1 aromatic heterocycles. The SMILES string of the molecule is CC1CN(c2nc(SCCc3cccc(S(C)=O)c3)c(C#N)c3c2COC(C)(C)C3)CC(C)O1. The van der Waals surface area contributed by atoms with Crippen LogP contribution in [0.1, 0.15) is 49.9 Å². The van der Waals surface area contributed by atoms with Crippen LogP contribution in [0.3, 0.4) is 0 Å². The smallest absolute Gasteiger partial charge is 0.135 e. The number of morpholine rings is 1. The maximum absolute atomic E-state index is 11.8. The van der Waals surface area contributed by atoms with E-state index < -0.39 is 10.8 Å². The molecule has 2 aromatic rings. The molecule has 34 heavy (non-hydrogen) atoms. The van der Waals surface area contributed by atoms with Crippen molar-refractivity contribution in [2.45, 2.75) is 74.9 Å². The van der Waals surface area contributed by atoms with Crippen molar-refractivity contribution in [3.05, 3.63) is 46.5 Å². The Kier molecular flexibility index (Phi) is 7.68.